The SMILES string of the molecule is CSNC[C@H]1C[C@@H](Nc2nc(-c3cccc(-c4cnn(C)c4)c3)ncc2-c2cnn(C)c2)C1. The first-order chi connectivity index (χ1) is 16.1. The molecule has 2 N–H and O–H groups in total. The number of aryl methyl sites for hydroxylation is 2. The van der Waals surface area contributed by atoms with Crippen molar-refractivity contribution >= 4 is 17.8 Å². The van der Waals surface area contributed by atoms with Gasteiger partial charge in [0.15, 0.2) is 5.82 Å². The largest absolute Gasteiger partial charge is 0.367 e. The van der Waals surface area contributed by atoms with Crippen molar-refractivity contribution in [2.24, 2.45) is 20.0 Å². The average molecular weight is 461 g/mol. The molecule has 1 aliphatic carbocycles. The summed E-state index contributed by atoms with van der Waals surface area (Å²) < 4.78 is 6.98. The molecule has 5 rings (SSSR count). The van der Waals surface area contributed by atoms with E-state index in [1.165, 1.54) is 0 Å². The van der Waals surface area contributed by atoms with Crippen LogP contribution in [0.25, 0.3) is 33.6 Å². The van der Waals surface area contributed by atoms with Crippen LogP contribution in [-0.4, -0.2) is 48.4 Å². The normalized spacial score (nSPS) is 17.7. The Morgan fingerprint density at radius 1 is 0.970 bits per heavy atom. The van der Waals surface area contributed by atoms with Gasteiger partial charge in [0, 0.05) is 67.5 Å². The summed E-state index contributed by atoms with van der Waals surface area (Å²) in [5, 5.41) is 12.3. The molecule has 1 saturated carbocycles. The van der Waals surface area contributed by atoms with Gasteiger partial charge >= 0.3 is 0 Å². The first-order valence-electron chi connectivity index (χ1n) is 11.1. The summed E-state index contributed by atoms with van der Waals surface area (Å²) >= 11 is 1.68. The van der Waals surface area contributed by atoms with Crippen LogP contribution in [0.1, 0.15) is 12.8 Å². The summed E-state index contributed by atoms with van der Waals surface area (Å²) in [7, 11) is 3.85. The number of hydrogen-bond acceptors (Lipinski definition) is 7. The highest BCUT2D eigenvalue weighted by Crippen LogP contribution is 2.34. The number of rotatable bonds is 8. The Morgan fingerprint density at radius 2 is 1.70 bits per heavy atom. The highest BCUT2D eigenvalue weighted by atomic mass is 32.2. The fourth-order valence-electron chi connectivity index (χ4n) is 4.23. The first-order valence-corrected chi connectivity index (χ1v) is 12.3. The smallest absolute Gasteiger partial charge is 0.161 e. The van der Waals surface area contributed by atoms with Gasteiger partial charge in [-0.25, -0.2) is 9.97 Å². The Hall–Kier alpha value is -3.17. The van der Waals surface area contributed by atoms with E-state index >= 15 is 0 Å². The van der Waals surface area contributed by atoms with Crippen molar-refractivity contribution in [3.8, 4) is 33.6 Å². The minimum Gasteiger partial charge on any atom is -0.367 e. The van der Waals surface area contributed by atoms with Crippen LogP contribution in [0.5, 0.6) is 0 Å². The lowest BCUT2D eigenvalue weighted by molar-refractivity contribution is 0.285. The molecule has 3 heterocycles. The van der Waals surface area contributed by atoms with Crippen LogP contribution in [-0.2, 0) is 14.1 Å². The molecule has 0 unspecified atom stereocenters. The van der Waals surface area contributed by atoms with Gasteiger partial charge in [0.05, 0.1) is 12.4 Å². The van der Waals surface area contributed by atoms with Gasteiger partial charge in [-0.05, 0) is 36.6 Å². The zero-order valence-corrected chi connectivity index (χ0v) is 19.9. The Kier molecular flexibility index (Phi) is 6.15. The van der Waals surface area contributed by atoms with Crippen molar-refractivity contribution in [3.63, 3.8) is 0 Å². The Bertz CT molecular complexity index is 1240. The van der Waals surface area contributed by atoms with E-state index in [4.69, 9.17) is 9.97 Å². The molecule has 0 saturated heterocycles. The number of nitrogens with one attached hydrogen (secondary N) is 2. The minimum absolute atomic E-state index is 0.415. The van der Waals surface area contributed by atoms with Crippen LogP contribution in [0.2, 0.25) is 0 Å². The lowest BCUT2D eigenvalue weighted by Gasteiger charge is -2.36. The second kappa shape index (κ2) is 9.36. The monoisotopic (exact) mass is 460 g/mol. The Morgan fingerprint density at radius 3 is 2.39 bits per heavy atom. The maximum atomic E-state index is 4.98. The number of anilines is 1. The predicted molar refractivity (Wildman–Crippen MR) is 134 cm³/mol. The molecule has 170 valence electrons. The summed E-state index contributed by atoms with van der Waals surface area (Å²) in [6, 6.07) is 8.71. The Labute approximate surface area is 198 Å². The van der Waals surface area contributed by atoms with E-state index in [0.29, 0.717) is 17.8 Å². The Balaban J connectivity index is 1.44. The molecule has 9 heteroatoms. The van der Waals surface area contributed by atoms with Crippen LogP contribution < -0.4 is 10.0 Å². The van der Waals surface area contributed by atoms with E-state index in [1.54, 1.807) is 16.6 Å². The quantitative estimate of drug-likeness (QED) is 0.384. The van der Waals surface area contributed by atoms with Gasteiger partial charge in [-0.2, -0.15) is 10.2 Å². The molecule has 0 bridgehead atoms. The molecule has 0 aliphatic heterocycles. The summed E-state index contributed by atoms with van der Waals surface area (Å²) in [4.78, 5) is 9.70. The van der Waals surface area contributed by atoms with E-state index in [-0.39, 0.29) is 0 Å². The second-order valence-electron chi connectivity index (χ2n) is 8.57. The van der Waals surface area contributed by atoms with E-state index in [9.17, 15) is 0 Å². The van der Waals surface area contributed by atoms with E-state index in [0.717, 1.165) is 53.0 Å². The molecule has 8 nitrogen and oxygen atoms in total. The van der Waals surface area contributed by atoms with Crippen molar-refractivity contribution in [2.45, 2.75) is 18.9 Å². The van der Waals surface area contributed by atoms with Gasteiger partial charge < -0.3 is 5.32 Å². The van der Waals surface area contributed by atoms with E-state index in [2.05, 4.69) is 44.7 Å². The fraction of sp³-hybridized carbons (Fsp3) is 0.333. The van der Waals surface area contributed by atoms with Gasteiger partial charge in [0.1, 0.15) is 5.82 Å². The number of benzene rings is 1. The number of aromatic nitrogens is 6. The highest BCUT2D eigenvalue weighted by Gasteiger charge is 2.29. The molecule has 0 amide bonds. The maximum Gasteiger partial charge on any atom is 0.161 e. The topological polar surface area (TPSA) is 85.5 Å². The fourth-order valence-corrected chi connectivity index (χ4v) is 4.63. The zero-order chi connectivity index (χ0) is 22.8. The van der Waals surface area contributed by atoms with Crippen LogP contribution >= 0.6 is 11.9 Å². The molecule has 33 heavy (non-hydrogen) atoms. The maximum absolute atomic E-state index is 4.98. The van der Waals surface area contributed by atoms with Gasteiger partial charge in [-0.3, -0.25) is 14.1 Å². The number of nitrogens with zero attached hydrogens (tertiary/aromatic N) is 6. The molecular formula is C24H28N8S. The van der Waals surface area contributed by atoms with Crippen molar-refractivity contribution in [1.82, 2.24) is 34.3 Å². The van der Waals surface area contributed by atoms with E-state index < -0.39 is 0 Å². The molecular weight excluding hydrogens is 432 g/mol. The van der Waals surface area contributed by atoms with Crippen LogP contribution in [0.3, 0.4) is 0 Å². The molecule has 1 aliphatic rings. The third-order valence-electron chi connectivity index (χ3n) is 6.06. The lowest BCUT2D eigenvalue weighted by Crippen LogP contribution is -2.39. The molecule has 1 fully saturated rings. The first kappa shape index (κ1) is 21.7. The van der Waals surface area contributed by atoms with Gasteiger partial charge in [0.25, 0.3) is 0 Å². The van der Waals surface area contributed by atoms with Gasteiger partial charge in [-0.15, -0.1) is 0 Å². The lowest BCUT2D eigenvalue weighted by atomic mass is 9.80. The molecule has 0 radical (unpaired) electrons. The average Bonchev–Trinajstić information content (AvgIpc) is 3.43. The van der Waals surface area contributed by atoms with Crippen LogP contribution in [0.15, 0.2) is 55.2 Å². The molecule has 3 aromatic heterocycles. The standard InChI is InChI=1S/C24H28N8S/c1-31-14-19(11-26-31)17-5-4-6-18(9-17)23-25-13-22(20-12-27-32(2)15-20)24(30-23)29-21-7-16(8-21)10-28-33-3/h4-6,9,11-16,21,28H,7-8,10H2,1-3H3,(H,25,29,30)/t16-,21+. The van der Waals surface area contributed by atoms with Crippen LogP contribution in [0.4, 0.5) is 5.82 Å². The summed E-state index contributed by atoms with van der Waals surface area (Å²) in [6.45, 7) is 1.05. The molecule has 0 spiro atoms. The molecule has 4 aromatic rings. The molecule has 0 atom stereocenters. The van der Waals surface area contributed by atoms with Gasteiger partial charge in [0.2, 0.25) is 0 Å². The second-order valence-corrected chi connectivity index (χ2v) is 9.27. The molecule has 1 aromatic carbocycles. The minimum atomic E-state index is 0.415. The van der Waals surface area contributed by atoms with Crippen molar-refractivity contribution in [2.75, 3.05) is 18.1 Å². The number of hydrogen-bond donors (Lipinski definition) is 2. The summed E-state index contributed by atoms with van der Waals surface area (Å²) in [5.41, 5.74) is 5.13. The van der Waals surface area contributed by atoms with E-state index in [1.807, 2.05) is 55.8 Å². The predicted octanol–water partition coefficient (Wildman–Crippen LogP) is 4.00. The third-order valence-corrected chi connectivity index (χ3v) is 6.51. The van der Waals surface area contributed by atoms with Crippen molar-refractivity contribution in [3.05, 3.63) is 55.2 Å². The zero-order valence-electron chi connectivity index (χ0n) is 19.1. The van der Waals surface area contributed by atoms with Gasteiger partial charge in [-0.1, -0.05) is 30.1 Å². The summed E-state index contributed by atoms with van der Waals surface area (Å²) in [5.74, 6) is 2.27. The van der Waals surface area contributed by atoms with Crippen molar-refractivity contribution in [1.29, 1.82) is 0 Å². The van der Waals surface area contributed by atoms with Crippen molar-refractivity contribution < 1.29 is 0 Å². The summed E-state index contributed by atoms with van der Waals surface area (Å²) in [6.07, 6.45) is 14.0. The third kappa shape index (κ3) is 4.79. The highest BCUT2D eigenvalue weighted by molar-refractivity contribution is 7.96. The van der Waals surface area contributed by atoms with Crippen LogP contribution in [0, 0.1) is 5.92 Å².